The highest BCUT2D eigenvalue weighted by Gasteiger charge is 2.31. The summed E-state index contributed by atoms with van der Waals surface area (Å²) in [5.41, 5.74) is -0.841. The highest BCUT2D eigenvalue weighted by molar-refractivity contribution is 5.72. The van der Waals surface area contributed by atoms with Crippen LogP contribution in [0.3, 0.4) is 0 Å². The Bertz CT molecular complexity index is 1510. The van der Waals surface area contributed by atoms with Gasteiger partial charge in [0.25, 0.3) is 5.56 Å². The number of benzene rings is 2. The van der Waals surface area contributed by atoms with Crippen molar-refractivity contribution in [3.8, 4) is 17.5 Å². The minimum Gasteiger partial charge on any atom is -0.425 e. The van der Waals surface area contributed by atoms with Crippen LogP contribution >= 0.6 is 0 Å². The van der Waals surface area contributed by atoms with E-state index < -0.39 is 29.2 Å². The number of nitrogens with zero attached hydrogens (tertiary/aromatic N) is 4. The average molecular weight is 508 g/mol. The molecule has 2 aromatic heterocycles. The molecule has 13 heteroatoms. The fourth-order valence-corrected chi connectivity index (χ4v) is 3.61. The van der Waals surface area contributed by atoms with Crippen LogP contribution < -0.4 is 20.7 Å². The second kappa shape index (κ2) is 9.85. The molecule has 0 saturated carbocycles. The first-order valence-electron chi connectivity index (χ1n) is 10.7. The summed E-state index contributed by atoms with van der Waals surface area (Å²) in [6.45, 7) is -0.321. The van der Waals surface area contributed by atoms with Gasteiger partial charge in [0.05, 0.1) is 6.54 Å². The van der Waals surface area contributed by atoms with Crippen LogP contribution in [0.1, 0.15) is 12.0 Å². The van der Waals surface area contributed by atoms with Crippen LogP contribution in [0, 0.1) is 5.82 Å². The largest absolute Gasteiger partial charge is 0.573 e. The zero-order valence-electron chi connectivity index (χ0n) is 18.8. The second-order valence-electron chi connectivity index (χ2n) is 7.78. The molecule has 0 saturated heterocycles. The summed E-state index contributed by atoms with van der Waals surface area (Å²) in [5.74, 6) is -1.07. The van der Waals surface area contributed by atoms with Crippen molar-refractivity contribution in [3.05, 3.63) is 80.7 Å². The van der Waals surface area contributed by atoms with Crippen LogP contribution in [0.5, 0.6) is 17.5 Å². The third-order valence-corrected chi connectivity index (χ3v) is 5.24. The molecule has 0 atom stereocenters. The number of alkyl halides is 3. The monoisotopic (exact) mass is 508 g/mol. The summed E-state index contributed by atoms with van der Waals surface area (Å²) in [6.07, 6.45) is -4.76. The Morgan fingerprint density at radius 2 is 1.72 bits per heavy atom. The number of fused-ring (bicyclic) bond motifs is 1. The van der Waals surface area contributed by atoms with E-state index in [1.54, 1.807) is 0 Å². The number of ether oxygens (including phenoxy) is 2. The molecule has 4 aromatic rings. The van der Waals surface area contributed by atoms with Crippen LogP contribution in [-0.4, -0.2) is 36.8 Å². The highest BCUT2D eigenvalue weighted by Crippen LogP contribution is 2.30. The lowest BCUT2D eigenvalue weighted by Crippen LogP contribution is -2.39. The molecule has 9 nitrogen and oxygen atoms in total. The molecular weight excluding hydrogens is 488 g/mol. The van der Waals surface area contributed by atoms with Crippen LogP contribution in [-0.2, 0) is 20.1 Å². The van der Waals surface area contributed by atoms with Crippen LogP contribution in [0.4, 0.5) is 17.6 Å². The van der Waals surface area contributed by atoms with Crippen molar-refractivity contribution in [2.24, 2.45) is 7.05 Å². The van der Waals surface area contributed by atoms with Gasteiger partial charge in [0, 0.05) is 26.3 Å². The number of imidazole rings is 1. The first-order valence-corrected chi connectivity index (χ1v) is 10.7. The molecule has 0 amide bonds. The fraction of sp³-hybridized carbons (Fsp3) is 0.261. The molecule has 190 valence electrons. The van der Waals surface area contributed by atoms with E-state index in [1.807, 2.05) is 0 Å². The highest BCUT2D eigenvalue weighted by atomic mass is 19.4. The number of aromatic nitrogens is 4. The van der Waals surface area contributed by atoms with Gasteiger partial charge in [-0.15, -0.1) is 13.2 Å². The molecular formula is C23H20F4N4O5. The van der Waals surface area contributed by atoms with Crippen LogP contribution in [0.25, 0.3) is 11.2 Å². The Kier molecular flexibility index (Phi) is 6.84. The number of hydrogen-bond acceptors (Lipinski definition) is 6. The Morgan fingerprint density at radius 3 is 2.39 bits per heavy atom. The van der Waals surface area contributed by atoms with Crippen molar-refractivity contribution in [2.75, 3.05) is 6.61 Å². The number of aliphatic hydroxyl groups excluding tert-OH is 1. The molecule has 0 bridgehead atoms. The van der Waals surface area contributed by atoms with Crippen molar-refractivity contribution < 1.29 is 32.1 Å². The predicted molar refractivity (Wildman–Crippen MR) is 120 cm³/mol. The number of aryl methyl sites for hydroxylation is 1. The molecule has 2 heterocycles. The summed E-state index contributed by atoms with van der Waals surface area (Å²) < 4.78 is 64.4. The predicted octanol–water partition coefficient (Wildman–Crippen LogP) is 3.16. The topological polar surface area (TPSA) is 101 Å². The van der Waals surface area contributed by atoms with E-state index in [-0.39, 0.29) is 49.0 Å². The standard InChI is InChI=1S/C23H20F4N4O5/c1-29-19-18(20(33)30(22(29)34)10-3-11-32)31(13-14-6-8-15(24)9-7-14)21(28-19)35-16-4-2-5-17(12-16)36-23(25,26)27/h2,4-9,12,32H,3,10-11,13H2,1H3. The summed E-state index contributed by atoms with van der Waals surface area (Å²) >= 11 is 0. The maximum absolute atomic E-state index is 13.4. The lowest BCUT2D eigenvalue weighted by Gasteiger charge is -2.12. The van der Waals surface area contributed by atoms with E-state index in [2.05, 4.69) is 9.72 Å². The van der Waals surface area contributed by atoms with Crippen molar-refractivity contribution in [2.45, 2.75) is 25.9 Å². The number of aliphatic hydroxyl groups is 1. The summed E-state index contributed by atoms with van der Waals surface area (Å²) in [7, 11) is 1.40. The zero-order chi connectivity index (χ0) is 26.0. The third kappa shape index (κ3) is 5.25. The van der Waals surface area contributed by atoms with Gasteiger partial charge in [0.1, 0.15) is 17.3 Å². The van der Waals surface area contributed by atoms with Gasteiger partial charge < -0.3 is 14.6 Å². The average Bonchev–Trinajstić information content (AvgIpc) is 3.16. The van der Waals surface area contributed by atoms with Crippen molar-refractivity contribution >= 4 is 11.2 Å². The van der Waals surface area contributed by atoms with Gasteiger partial charge in [-0.2, -0.15) is 4.98 Å². The van der Waals surface area contributed by atoms with E-state index >= 15 is 0 Å². The lowest BCUT2D eigenvalue weighted by molar-refractivity contribution is -0.274. The number of halogens is 4. The van der Waals surface area contributed by atoms with Gasteiger partial charge in [0.15, 0.2) is 11.2 Å². The third-order valence-electron chi connectivity index (χ3n) is 5.24. The molecule has 2 aromatic carbocycles. The molecule has 0 unspecified atom stereocenters. The quantitative estimate of drug-likeness (QED) is 0.367. The van der Waals surface area contributed by atoms with Gasteiger partial charge in [0.2, 0.25) is 0 Å². The summed E-state index contributed by atoms with van der Waals surface area (Å²) in [4.78, 5) is 30.3. The van der Waals surface area contributed by atoms with Crippen molar-refractivity contribution in [3.63, 3.8) is 0 Å². The first-order chi connectivity index (χ1) is 17.1. The Balaban J connectivity index is 1.87. The van der Waals surface area contributed by atoms with E-state index in [0.29, 0.717) is 5.56 Å². The molecule has 36 heavy (non-hydrogen) atoms. The van der Waals surface area contributed by atoms with Gasteiger partial charge in [-0.1, -0.05) is 18.2 Å². The minimum atomic E-state index is -4.91. The molecule has 0 aliphatic carbocycles. The van der Waals surface area contributed by atoms with Crippen molar-refractivity contribution in [1.82, 2.24) is 18.7 Å². The van der Waals surface area contributed by atoms with Crippen LogP contribution in [0.2, 0.25) is 0 Å². The van der Waals surface area contributed by atoms with E-state index in [1.165, 1.54) is 48.0 Å². The lowest BCUT2D eigenvalue weighted by atomic mass is 10.2. The number of rotatable bonds is 8. The Morgan fingerprint density at radius 1 is 1.03 bits per heavy atom. The fourth-order valence-electron chi connectivity index (χ4n) is 3.61. The van der Waals surface area contributed by atoms with E-state index in [9.17, 15) is 27.2 Å². The molecule has 0 fully saturated rings. The molecule has 0 aliphatic heterocycles. The Hall–Kier alpha value is -4.13. The van der Waals surface area contributed by atoms with E-state index in [4.69, 9.17) is 9.84 Å². The normalized spacial score (nSPS) is 11.7. The second-order valence-corrected chi connectivity index (χ2v) is 7.78. The van der Waals surface area contributed by atoms with Gasteiger partial charge >= 0.3 is 18.1 Å². The molecule has 0 radical (unpaired) electrons. The molecule has 0 spiro atoms. The Labute approximate surface area is 200 Å². The molecule has 1 N–H and O–H groups in total. The van der Waals surface area contributed by atoms with Crippen molar-refractivity contribution in [1.29, 1.82) is 0 Å². The first kappa shape index (κ1) is 25.0. The van der Waals surface area contributed by atoms with E-state index in [0.717, 1.165) is 21.3 Å². The SMILES string of the molecule is Cn1c(=O)n(CCCO)c(=O)c2c1nc(Oc1cccc(OC(F)(F)F)c1)n2Cc1ccc(F)cc1. The smallest absolute Gasteiger partial charge is 0.425 e. The minimum absolute atomic E-state index is 0.0166. The number of hydrogen-bond donors (Lipinski definition) is 1. The summed E-state index contributed by atoms with van der Waals surface area (Å²) in [5, 5.41) is 9.15. The maximum Gasteiger partial charge on any atom is 0.573 e. The molecule has 4 rings (SSSR count). The zero-order valence-corrected chi connectivity index (χ0v) is 18.8. The molecule has 0 aliphatic rings. The van der Waals surface area contributed by atoms with Gasteiger partial charge in [-0.3, -0.25) is 18.5 Å². The maximum atomic E-state index is 13.4. The summed E-state index contributed by atoms with van der Waals surface area (Å²) in [6, 6.07) is 9.95. The van der Waals surface area contributed by atoms with Gasteiger partial charge in [-0.05, 0) is 36.2 Å². The van der Waals surface area contributed by atoms with Crippen LogP contribution in [0.15, 0.2) is 58.1 Å². The van der Waals surface area contributed by atoms with Gasteiger partial charge in [-0.25, -0.2) is 9.18 Å².